The van der Waals surface area contributed by atoms with E-state index in [0.717, 1.165) is 51.4 Å². The van der Waals surface area contributed by atoms with Gasteiger partial charge in [0.1, 0.15) is 13.2 Å². The molecule has 0 rings (SSSR count). The minimum absolute atomic E-state index is 0.0399. The average molecular weight is 650 g/mol. The third kappa shape index (κ3) is 31.0. The van der Waals surface area contributed by atoms with Gasteiger partial charge < -0.3 is 27.0 Å². The number of carbonyl (C=O) groups excluding carboxylic acids is 2. The van der Waals surface area contributed by atoms with Crippen LogP contribution in [0.3, 0.4) is 0 Å². The molecule has 0 aliphatic carbocycles. The van der Waals surface area contributed by atoms with Crippen LogP contribution in [0.5, 0.6) is 0 Å². The van der Waals surface area contributed by atoms with E-state index in [-0.39, 0.29) is 25.6 Å². The van der Waals surface area contributed by atoms with Crippen LogP contribution in [0.25, 0.3) is 0 Å². The second-order valence-electron chi connectivity index (χ2n) is 12.0. The number of ether oxygens (including phenoxy) is 2. The van der Waals surface area contributed by atoms with Gasteiger partial charge in [-0.15, -0.1) is 0 Å². The average Bonchev–Trinajstić information content (AvgIpc) is 3.00. The standard InChI is InChI=1S/C34H67NO8P/c1-3-5-7-9-11-13-14-15-16-17-18-19-21-22-24-26-33(36)40-30-32(31-42-44(38,39)41-29-28-35)43-34(37)27-25-23-20-12-10-8-6-4-2/h32H,2-31,35H2,1H3,(H,38,39)/q-1/p+1/t32-/m1/s1. The Morgan fingerprint density at radius 3 is 1.55 bits per heavy atom. The number of phosphoric acid groups is 1. The molecule has 1 unspecified atom stereocenters. The Morgan fingerprint density at radius 1 is 0.659 bits per heavy atom. The lowest BCUT2D eigenvalue weighted by atomic mass is 10.0. The summed E-state index contributed by atoms with van der Waals surface area (Å²) in [5.74, 6) is -0.819. The van der Waals surface area contributed by atoms with Gasteiger partial charge in [-0.1, -0.05) is 135 Å². The Balaban J connectivity index is 4.15. The number of hydrogen-bond donors (Lipinski definition) is 2. The molecule has 0 fully saturated rings. The van der Waals surface area contributed by atoms with E-state index in [2.05, 4.69) is 19.6 Å². The highest BCUT2D eigenvalue weighted by Crippen LogP contribution is 2.43. The number of esters is 2. The van der Waals surface area contributed by atoms with Crippen LogP contribution >= 0.6 is 7.82 Å². The fourth-order valence-electron chi connectivity index (χ4n) is 4.98. The maximum absolute atomic E-state index is 12.4. The molecule has 0 aromatic carbocycles. The smallest absolute Gasteiger partial charge is 0.462 e. The number of phosphoric ester groups is 1. The Bertz CT molecular complexity index is 709. The summed E-state index contributed by atoms with van der Waals surface area (Å²) in [6.45, 7) is 5.74. The van der Waals surface area contributed by atoms with E-state index in [0.29, 0.717) is 19.4 Å². The summed E-state index contributed by atoms with van der Waals surface area (Å²) in [7, 11) is -4.32. The largest absolute Gasteiger partial charge is 0.472 e. The molecular formula is C34H68NO8P. The van der Waals surface area contributed by atoms with E-state index in [9.17, 15) is 19.0 Å². The fourth-order valence-corrected chi connectivity index (χ4v) is 5.77. The molecule has 0 aromatic heterocycles. The van der Waals surface area contributed by atoms with Crippen molar-refractivity contribution in [2.45, 2.75) is 174 Å². The summed E-state index contributed by atoms with van der Waals surface area (Å²) in [6, 6.07) is 0. The first-order valence-corrected chi connectivity index (χ1v) is 19.4. The van der Waals surface area contributed by atoms with Gasteiger partial charge in [-0.3, -0.25) is 18.6 Å². The molecule has 9 nitrogen and oxygen atoms in total. The highest BCUT2D eigenvalue weighted by molar-refractivity contribution is 7.47. The number of carbonyl (C=O) groups is 2. The van der Waals surface area contributed by atoms with Crippen molar-refractivity contribution in [3.05, 3.63) is 6.92 Å². The molecule has 0 amide bonds. The first kappa shape index (κ1) is 43.0. The molecule has 0 spiro atoms. The monoisotopic (exact) mass is 649 g/mol. The predicted octanol–water partition coefficient (Wildman–Crippen LogP) is 8.42. The minimum Gasteiger partial charge on any atom is -0.462 e. The predicted molar refractivity (Wildman–Crippen MR) is 177 cm³/mol. The van der Waals surface area contributed by atoms with Gasteiger partial charge in [0.05, 0.1) is 13.2 Å². The Hall–Kier alpha value is -0.990. The van der Waals surface area contributed by atoms with Crippen LogP contribution in [0.15, 0.2) is 0 Å². The van der Waals surface area contributed by atoms with Crippen molar-refractivity contribution in [2.75, 3.05) is 26.4 Å². The Morgan fingerprint density at radius 2 is 1.09 bits per heavy atom. The van der Waals surface area contributed by atoms with Crippen molar-refractivity contribution in [1.82, 2.24) is 0 Å². The van der Waals surface area contributed by atoms with E-state index >= 15 is 0 Å². The molecule has 0 saturated carbocycles. The van der Waals surface area contributed by atoms with Gasteiger partial charge >= 0.3 is 19.8 Å². The second kappa shape index (κ2) is 32.0. The lowest BCUT2D eigenvalue weighted by molar-refractivity contribution is -0.371. The molecule has 0 heterocycles. The maximum Gasteiger partial charge on any atom is 0.472 e. The van der Waals surface area contributed by atoms with Gasteiger partial charge in [-0.05, 0) is 12.8 Å². The Labute approximate surface area is 269 Å². The molecular weight excluding hydrogens is 581 g/mol. The van der Waals surface area contributed by atoms with Crippen molar-refractivity contribution in [1.29, 1.82) is 0 Å². The maximum atomic E-state index is 12.4. The summed E-state index contributed by atoms with van der Waals surface area (Å²) in [6.07, 6.45) is 26.7. The molecule has 10 heteroatoms. The third-order valence-electron chi connectivity index (χ3n) is 7.67. The second-order valence-corrected chi connectivity index (χ2v) is 13.5. The van der Waals surface area contributed by atoms with Crippen LogP contribution in [0, 0.1) is 6.92 Å². The zero-order valence-electron chi connectivity index (χ0n) is 28.2. The Kier molecular flexibility index (Phi) is 31.3. The molecule has 262 valence electrons. The topological polar surface area (TPSA) is 136 Å². The molecule has 0 aromatic rings. The van der Waals surface area contributed by atoms with Gasteiger partial charge in [0.15, 0.2) is 6.10 Å². The normalized spacial score (nSPS) is 13.5. The van der Waals surface area contributed by atoms with E-state index in [1.807, 2.05) is 0 Å². The lowest BCUT2D eigenvalue weighted by Gasteiger charge is -2.19. The van der Waals surface area contributed by atoms with Crippen molar-refractivity contribution >= 4 is 19.8 Å². The van der Waals surface area contributed by atoms with Crippen molar-refractivity contribution in [3.63, 3.8) is 0 Å². The molecule has 0 aliphatic rings. The van der Waals surface area contributed by atoms with Crippen LogP contribution in [0.4, 0.5) is 0 Å². The number of unbranched alkanes of at least 4 members (excludes halogenated alkanes) is 21. The van der Waals surface area contributed by atoms with E-state index in [1.54, 1.807) is 0 Å². The molecule has 0 saturated heterocycles. The zero-order chi connectivity index (χ0) is 32.6. The zero-order valence-corrected chi connectivity index (χ0v) is 29.1. The van der Waals surface area contributed by atoms with Crippen LogP contribution in [-0.4, -0.2) is 49.3 Å². The highest BCUT2D eigenvalue weighted by Gasteiger charge is 2.26. The summed E-state index contributed by atoms with van der Waals surface area (Å²) in [4.78, 5) is 34.5. The van der Waals surface area contributed by atoms with Crippen LogP contribution in [0.1, 0.15) is 167 Å². The molecule has 44 heavy (non-hydrogen) atoms. The number of hydrogen-bond acceptors (Lipinski definition) is 7. The van der Waals surface area contributed by atoms with Gasteiger partial charge in [-0.2, -0.15) is 6.42 Å². The summed E-state index contributed by atoms with van der Waals surface area (Å²) >= 11 is 0. The van der Waals surface area contributed by atoms with Crippen molar-refractivity contribution < 1.29 is 43.3 Å². The number of quaternary nitrogens is 1. The first-order chi connectivity index (χ1) is 21.3. The molecule has 4 N–H and O–H groups in total. The summed E-state index contributed by atoms with van der Waals surface area (Å²) in [5, 5.41) is 0. The minimum atomic E-state index is -4.32. The molecule has 0 bridgehead atoms. The summed E-state index contributed by atoms with van der Waals surface area (Å²) < 4.78 is 32.6. The van der Waals surface area contributed by atoms with Crippen LogP contribution in [-0.2, 0) is 32.7 Å². The molecule has 0 radical (unpaired) electrons. The van der Waals surface area contributed by atoms with E-state index < -0.39 is 26.5 Å². The van der Waals surface area contributed by atoms with E-state index in [4.69, 9.17) is 18.5 Å². The van der Waals surface area contributed by atoms with Gasteiger partial charge in [-0.25, -0.2) is 4.57 Å². The SMILES string of the molecule is [CH2-]CCCCCCCCCC(=O)O[C@H](COC(=O)CCCCCCCCCCCCCCCCC)COP(=O)(O)OCC[NH3+]. The van der Waals surface area contributed by atoms with E-state index in [1.165, 1.54) is 89.9 Å². The molecule has 2 atom stereocenters. The third-order valence-corrected chi connectivity index (χ3v) is 8.65. The molecule has 0 aliphatic heterocycles. The lowest BCUT2D eigenvalue weighted by Crippen LogP contribution is -2.52. The van der Waals surface area contributed by atoms with Crippen LogP contribution in [0.2, 0.25) is 0 Å². The first-order valence-electron chi connectivity index (χ1n) is 17.9. The number of rotatable bonds is 34. The van der Waals surface area contributed by atoms with Gasteiger partial charge in [0.2, 0.25) is 0 Å². The van der Waals surface area contributed by atoms with Crippen LogP contribution < -0.4 is 5.73 Å². The van der Waals surface area contributed by atoms with Crippen molar-refractivity contribution in [2.24, 2.45) is 0 Å². The van der Waals surface area contributed by atoms with Gasteiger partial charge in [0.25, 0.3) is 0 Å². The van der Waals surface area contributed by atoms with Crippen molar-refractivity contribution in [3.8, 4) is 0 Å². The van der Waals surface area contributed by atoms with Gasteiger partial charge in [0, 0.05) is 12.8 Å². The summed E-state index contributed by atoms with van der Waals surface area (Å²) in [5.41, 5.74) is 3.56. The highest BCUT2D eigenvalue weighted by atomic mass is 31.2. The quantitative estimate of drug-likeness (QED) is 0.0307. The fraction of sp³-hybridized carbons (Fsp3) is 0.912.